The molecule has 0 aliphatic carbocycles. The fraction of sp³-hybridized carbons (Fsp3) is 0.138. The average molecular weight is 544 g/mol. The topological polar surface area (TPSA) is 142 Å². The Hall–Kier alpha value is -5.45. The van der Waals surface area contributed by atoms with E-state index in [0.717, 1.165) is 5.56 Å². The Morgan fingerprint density at radius 3 is 2.48 bits per heavy atom. The van der Waals surface area contributed by atoms with Gasteiger partial charge in [-0.15, -0.1) is 0 Å². The lowest BCUT2D eigenvalue weighted by Crippen LogP contribution is -2.19. The molecule has 0 unspecified atom stereocenters. The summed E-state index contributed by atoms with van der Waals surface area (Å²) < 4.78 is 21.6. The Labute approximate surface area is 229 Å². The largest absolute Gasteiger partial charge is 0.489 e. The number of furan rings is 1. The molecule has 0 saturated carbocycles. The Morgan fingerprint density at radius 1 is 0.950 bits per heavy atom. The second kappa shape index (κ2) is 12.9. The first-order valence-corrected chi connectivity index (χ1v) is 12.0. The summed E-state index contributed by atoms with van der Waals surface area (Å²) >= 11 is 0. The Morgan fingerprint density at radius 2 is 1.73 bits per heavy atom. The molecule has 4 rings (SSSR count). The maximum Gasteiger partial charge on any atom is 0.373 e. The molecule has 0 bridgehead atoms. The number of hydrogen-bond donors (Lipinski definition) is 1. The highest BCUT2D eigenvalue weighted by atomic mass is 16.6. The monoisotopic (exact) mass is 543 g/mol. The van der Waals surface area contributed by atoms with Crippen LogP contribution in [0.5, 0.6) is 11.5 Å². The number of benzene rings is 3. The number of nitrogens with one attached hydrogen (secondary N) is 1. The quantitative estimate of drug-likeness (QED) is 0.116. The summed E-state index contributed by atoms with van der Waals surface area (Å²) in [6.07, 6.45) is 0. The number of nitro groups is 1. The maximum absolute atomic E-state index is 12.8. The van der Waals surface area contributed by atoms with Crippen LogP contribution in [0, 0.1) is 10.1 Å². The van der Waals surface area contributed by atoms with Gasteiger partial charge in [0, 0.05) is 23.3 Å². The van der Waals surface area contributed by atoms with Crippen LogP contribution in [-0.2, 0) is 18.0 Å². The number of amides is 1. The van der Waals surface area contributed by atoms with Crippen molar-refractivity contribution < 1.29 is 33.1 Å². The average Bonchev–Trinajstić information content (AvgIpc) is 3.47. The van der Waals surface area contributed by atoms with Crippen molar-refractivity contribution in [2.75, 3.05) is 7.11 Å². The Balaban J connectivity index is 1.36. The van der Waals surface area contributed by atoms with Gasteiger partial charge < -0.3 is 18.6 Å². The summed E-state index contributed by atoms with van der Waals surface area (Å²) in [5.41, 5.74) is 4.82. The van der Waals surface area contributed by atoms with Crippen molar-refractivity contribution in [3.05, 3.63) is 123 Å². The van der Waals surface area contributed by atoms with Crippen LogP contribution in [0.1, 0.15) is 44.7 Å². The van der Waals surface area contributed by atoms with Crippen LogP contribution in [0.4, 0.5) is 5.69 Å². The number of rotatable bonds is 11. The molecular formula is C29H25N3O8. The van der Waals surface area contributed by atoms with E-state index < -0.39 is 16.8 Å². The molecule has 0 radical (unpaired) electrons. The molecule has 3 aromatic carbocycles. The molecule has 4 aromatic rings. The number of methoxy groups -OCH3 is 1. The summed E-state index contributed by atoms with van der Waals surface area (Å²) in [5, 5.41) is 15.0. The van der Waals surface area contributed by atoms with E-state index in [-0.39, 0.29) is 24.7 Å². The van der Waals surface area contributed by atoms with Gasteiger partial charge in [-0.2, -0.15) is 5.10 Å². The Bertz CT molecular complexity index is 1540. The standard InChI is InChI=1S/C29H25N3O8/c1-19(25-8-3-4-9-26(25)39-18-24-14-15-27(40-24)29(34)37-2)30-31-28(33)21-7-5-6-20(16-21)17-38-23-12-10-22(11-13-23)32(35)36/h3-16H,17-18H2,1-2H3,(H,31,33). The molecule has 0 spiro atoms. The van der Waals surface area contributed by atoms with Gasteiger partial charge in [0.2, 0.25) is 5.76 Å². The lowest BCUT2D eigenvalue weighted by molar-refractivity contribution is -0.384. The van der Waals surface area contributed by atoms with Gasteiger partial charge in [-0.25, -0.2) is 10.2 Å². The first-order valence-electron chi connectivity index (χ1n) is 12.0. The van der Waals surface area contributed by atoms with Gasteiger partial charge in [-0.05, 0) is 61.0 Å². The first-order chi connectivity index (χ1) is 19.3. The van der Waals surface area contributed by atoms with Gasteiger partial charge in [-0.3, -0.25) is 14.9 Å². The molecule has 0 saturated heterocycles. The van der Waals surface area contributed by atoms with E-state index in [0.29, 0.717) is 34.1 Å². The summed E-state index contributed by atoms with van der Waals surface area (Å²) in [6.45, 7) is 1.98. The summed E-state index contributed by atoms with van der Waals surface area (Å²) in [5.74, 6) is 0.512. The van der Waals surface area contributed by atoms with Crippen molar-refractivity contribution in [3.8, 4) is 11.5 Å². The second-order valence-corrected chi connectivity index (χ2v) is 8.42. The van der Waals surface area contributed by atoms with Crippen LogP contribution in [0.25, 0.3) is 0 Å². The van der Waals surface area contributed by atoms with E-state index in [1.807, 2.05) is 6.07 Å². The van der Waals surface area contributed by atoms with Crippen LogP contribution in [0.3, 0.4) is 0 Å². The molecule has 1 heterocycles. The predicted molar refractivity (Wildman–Crippen MR) is 144 cm³/mol. The van der Waals surface area contributed by atoms with Gasteiger partial charge in [0.25, 0.3) is 11.6 Å². The predicted octanol–water partition coefficient (Wildman–Crippen LogP) is 5.29. The van der Waals surface area contributed by atoms with Crippen molar-refractivity contribution in [1.29, 1.82) is 0 Å². The van der Waals surface area contributed by atoms with Crippen molar-refractivity contribution in [1.82, 2.24) is 5.43 Å². The zero-order valence-corrected chi connectivity index (χ0v) is 21.7. The van der Waals surface area contributed by atoms with E-state index in [2.05, 4.69) is 15.3 Å². The highest BCUT2D eigenvalue weighted by molar-refractivity contribution is 6.02. The molecular weight excluding hydrogens is 518 g/mol. The van der Waals surface area contributed by atoms with Gasteiger partial charge in [0.15, 0.2) is 0 Å². The SMILES string of the molecule is COC(=O)c1ccc(COc2ccccc2C(C)=NNC(=O)c2cccc(COc3ccc([N+](=O)[O-])cc3)c2)o1. The van der Waals surface area contributed by atoms with E-state index in [1.54, 1.807) is 55.5 Å². The zero-order valence-electron chi connectivity index (χ0n) is 21.7. The number of ether oxygens (including phenoxy) is 3. The van der Waals surface area contributed by atoms with Gasteiger partial charge in [-0.1, -0.05) is 24.3 Å². The van der Waals surface area contributed by atoms with E-state index in [4.69, 9.17) is 13.9 Å². The van der Waals surface area contributed by atoms with Crippen LogP contribution >= 0.6 is 0 Å². The molecule has 11 nitrogen and oxygen atoms in total. The molecule has 0 fully saturated rings. The van der Waals surface area contributed by atoms with Crippen molar-refractivity contribution >= 4 is 23.3 Å². The van der Waals surface area contributed by atoms with E-state index >= 15 is 0 Å². The number of hydrazone groups is 1. The van der Waals surface area contributed by atoms with E-state index in [1.165, 1.54) is 37.4 Å². The minimum absolute atomic E-state index is 0.0252. The number of hydrogen-bond acceptors (Lipinski definition) is 9. The number of nitro benzene ring substituents is 1. The number of carbonyl (C=O) groups excluding carboxylic acids is 2. The maximum atomic E-state index is 12.8. The fourth-order valence-corrected chi connectivity index (χ4v) is 3.60. The molecule has 0 aliphatic heterocycles. The molecule has 1 amide bonds. The fourth-order valence-electron chi connectivity index (χ4n) is 3.60. The molecule has 1 N–H and O–H groups in total. The molecule has 1 aromatic heterocycles. The highest BCUT2D eigenvalue weighted by Crippen LogP contribution is 2.22. The van der Waals surface area contributed by atoms with Crippen molar-refractivity contribution in [2.45, 2.75) is 20.1 Å². The van der Waals surface area contributed by atoms with E-state index in [9.17, 15) is 19.7 Å². The third kappa shape index (κ3) is 7.10. The minimum Gasteiger partial charge on any atom is -0.489 e. The summed E-state index contributed by atoms with van der Waals surface area (Å²) in [6, 6.07) is 22.9. The van der Waals surface area contributed by atoms with Crippen LogP contribution in [0.2, 0.25) is 0 Å². The van der Waals surface area contributed by atoms with Crippen LogP contribution in [0.15, 0.2) is 94.4 Å². The normalized spacial score (nSPS) is 11.0. The number of esters is 1. The number of non-ortho nitro benzene ring substituents is 1. The lowest BCUT2D eigenvalue weighted by atomic mass is 10.1. The molecule has 40 heavy (non-hydrogen) atoms. The van der Waals surface area contributed by atoms with Gasteiger partial charge >= 0.3 is 5.97 Å². The van der Waals surface area contributed by atoms with Gasteiger partial charge in [0.1, 0.15) is 30.5 Å². The number of nitrogens with zero attached hydrogens (tertiary/aromatic N) is 2. The molecule has 11 heteroatoms. The summed E-state index contributed by atoms with van der Waals surface area (Å²) in [7, 11) is 1.27. The van der Waals surface area contributed by atoms with Crippen LogP contribution < -0.4 is 14.9 Å². The van der Waals surface area contributed by atoms with Crippen LogP contribution in [-0.4, -0.2) is 29.6 Å². The first kappa shape index (κ1) is 27.6. The number of para-hydroxylation sites is 1. The second-order valence-electron chi connectivity index (χ2n) is 8.42. The van der Waals surface area contributed by atoms with Gasteiger partial charge in [0.05, 0.1) is 17.7 Å². The highest BCUT2D eigenvalue weighted by Gasteiger charge is 2.13. The molecule has 0 atom stereocenters. The lowest BCUT2D eigenvalue weighted by Gasteiger charge is -2.11. The van der Waals surface area contributed by atoms with Crippen molar-refractivity contribution in [2.24, 2.45) is 5.10 Å². The third-order valence-corrected chi connectivity index (χ3v) is 5.66. The molecule has 0 aliphatic rings. The number of carbonyl (C=O) groups is 2. The summed E-state index contributed by atoms with van der Waals surface area (Å²) in [4.78, 5) is 34.7. The third-order valence-electron chi connectivity index (χ3n) is 5.66. The molecule has 204 valence electrons. The van der Waals surface area contributed by atoms with Crippen molar-refractivity contribution in [3.63, 3.8) is 0 Å². The smallest absolute Gasteiger partial charge is 0.373 e. The Kier molecular flexibility index (Phi) is 8.88. The zero-order chi connectivity index (χ0) is 28.5. The minimum atomic E-state index is -0.576.